The molecule has 0 saturated heterocycles. The number of unbranched alkanes of at least 4 members (excludes halogenated alkanes) is 2. The first-order valence-corrected chi connectivity index (χ1v) is 12.8. The smallest absolute Gasteiger partial charge is 0.253 e. The Morgan fingerprint density at radius 3 is 2.09 bits per heavy atom. The van der Waals surface area contributed by atoms with Gasteiger partial charge in [-0.05, 0) is 43.4 Å². The minimum absolute atomic E-state index is 0.175. The van der Waals surface area contributed by atoms with E-state index in [1.165, 1.54) is 17.1 Å². The summed E-state index contributed by atoms with van der Waals surface area (Å²) in [5.74, 6) is -1.85. The summed E-state index contributed by atoms with van der Waals surface area (Å²) in [6.07, 6.45) is 4.55. The van der Waals surface area contributed by atoms with E-state index in [0.717, 1.165) is 5.56 Å². The average Bonchev–Trinajstić information content (AvgIpc) is 3.14. The number of anilines is 1. The molecule has 1 aliphatic heterocycles. The van der Waals surface area contributed by atoms with Gasteiger partial charge in [-0.3, -0.25) is 28.9 Å². The molecule has 2 unspecified atom stereocenters. The SMILES string of the molecule is CC(NC(=O)C(NC(=O)CCCCCN1C(=O)C=CC1=O)C(C)C)C(=O)Nc1ccc(CBr)cc1. The molecule has 190 valence electrons. The first-order chi connectivity index (χ1) is 16.6. The summed E-state index contributed by atoms with van der Waals surface area (Å²) in [5, 5.41) is 8.91. The van der Waals surface area contributed by atoms with Crippen LogP contribution in [0.25, 0.3) is 0 Å². The molecule has 0 spiro atoms. The van der Waals surface area contributed by atoms with Crippen molar-refractivity contribution in [3.05, 3.63) is 42.0 Å². The molecule has 3 N–H and O–H groups in total. The quantitative estimate of drug-likeness (QED) is 0.198. The molecule has 0 saturated carbocycles. The molecule has 0 aliphatic carbocycles. The Kier molecular flexibility index (Phi) is 11.1. The molecule has 1 aromatic carbocycles. The minimum Gasteiger partial charge on any atom is -0.344 e. The Morgan fingerprint density at radius 2 is 1.51 bits per heavy atom. The molecule has 0 fully saturated rings. The predicted octanol–water partition coefficient (Wildman–Crippen LogP) is 2.65. The first-order valence-electron chi connectivity index (χ1n) is 11.7. The molecule has 9 nitrogen and oxygen atoms in total. The lowest BCUT2D eigenvalue weighted by Gasteiger charge is -2.24. The summed E-state index contributed by atoms with van der Waals surface area (Å²) < 4.78 is 0. The second kappa shape index (κ2) is 13.8. The van der Waals surface area contributed by atoms with E-state index in [0.29, 0.717) is 36.8 Å². The number of carbonyl (C=O) groups is 5. The Balaban J connectivity index is 1.75. The number of carbonyl (C=O) groups excluding carboxylic acids is 5. The van der Waals surface area contributed by atoms with Gasteiger partial charge in [0.15, 0.2) is 0 Å². The number of halogens is 1. The number of imide groups is 1. The number of nitrogens with zero attached hydrogens (tertiary/aromatic N) is 1. The summed E-state index contributed by atoms with van der Waals surface area (Å²) in [7, 11) is 0. The van der Waals surface area contributed by atoms with Crippen molar-refractivity contribution in [1.82, 2.24) is 15.5 Å². The van der Waals surface area contributed by atoms with Gasteiger partial charge in [0.1, 0.15) is 12.1 Å². The zero-order valence-corrected chi connectivity index (χ0v) is 21.9. The van der Waals surface area contributed by atoms with Crippen LogP contribution >= 0.6 is 15.9 Å². The van der Waals surface area contributed by atoms with Crippen LogP contribution in [0.5, 0.6) is 0 Å². The van der Waals surface area contributed by atoms with E-state index in [-0.39, 0.29) is 36.0 Å². The van der Waals surface area contributed by atoms with Gasteiger partial charge in [-0.2, -0.15) is 0 Å². The van der Waals surface area contributed by atoms with Gasteiger partial charge in [0, 0.05) is 36.1 Å². The molecule has 0 aromatic heterocycles. The molecule has 2 rings (SSSR count). The van der Waals surface area contributed by atoms with Gasteiger partial charge in [0.25, 0.3) is 11.8 Å². The minimum atomic E-state index is -0.790. The lowest BCUT2D eigenvalue weighted by Crippen LogP contribution is -2.53. The van der Waals surface area contributed by atoms with E-state index >= 15 is 0 Å². The highest BCUT2D eigenvalue weighted by Crippen LogP contribution is 2.13. The van der Waals surface area contributed by atoms with Crippen molar-refractivity contribution >= 4 is 51.2 Å². The van der Waals surface area contributed by atoms with Crippen LogP contribution < -0.4 is 16.0 Å². The molecular formula is C25H33BrN4O5. The number of nitrogens with one attached hydrogen (secondary N) is 3. The number of alkyl halides is 1. The van der Waals surface area contributed by atoms with Crippen LogP contribution in [0.15, 0.2) is 36.4 Å². The van der Waals surface area contributed by atoms with Crippen molar-refractivity contribution in [1.29, 1.82) is 0 Å². The van der Waals surface area contributed by atoms with Crippen LogP contribution in [0.3, 0.4) is 0 Å². The number of rotatable bonds is 13. The largest absolute Gasteiger partial charge is 0.344 e. The predicted molar refractivity (Wildman–Crippen MR) is 136 cm³/mol. The van der Waals surface area contributed by atoms with Crippen molar-refractivity contribution < 1.29 is 24.0 Å². The molecule has 5 amide bonds. The molecule has 35 heavy (non-hydrogen) atoms. The number of amides is 5. The monoisotopic (exact) mass is 548 g/mol. The third-order valence-corrected chi connectivity index (χ3v) is 6.23. The van der Waals surface area contributed by atoms with Crippen LogP contribution in [0.1, 0.15) is 52.0 Å². The van der Waals surface area contributed by atoms with E-state index in [2.05, 4.69) is 31.9 Å². The number of hydrogen-bond donors (Lipinski definition) is 3. The fraction of sp³-hybridized carbons (Fsp3) is 0.480. The first kappa shape index (κ1) is 28.2. The third-order valence-electron chi connectivity index (χ3n) is 5.58. The van der Waals surface area contributed by atoms with Crippen LogP contribution in [0, 0.1) is 5.92 Å². The lowest BCUT2D eigenvalue weighted by atomic mass is 10.0. The molecule has 0 radical (unpaired) electrons. The zero-order chi connectivity index (χ0) is 26.0. The topological polar surface area (TPSA) is 125 Å². The Bertz CT molecular complexity index is 943. The van der Waals surface area contributed by atoms with Crippen molar-refractivity contribution in [3.8, 4) is 0 Å². The van der Waals surface area contributed by atoms with E-state index < -0.39 is 18.0 Å². The molecule has 2 atom stereocenters. The summed E-state index contributed by atoms with van der Waals surface area (Å²) in [5.41, 5.74) is 1.71. The van der Waals surface area contributed by atoms with Crippen molar-refractivity contribution in [2.45, 2.75) is 63.9 Å². The van der Waals surface area contributed by atoms with E-state index in [4.69, 9.17) is 0 Å². The zero-order valence-electron chi connectivity index (χ0n) is 20.3. The molecule has 1 aliphatic rings. The summed E-state index contributed by atoms with van der Waals surface area (Å²) in [4.78, 5) is 61.9. The second-order valence-electron chi connectivity index (χ2n) is 8.81. The second-order valence-corrected chi connectivity index (χ2v) is 9.37. The van der Waals surface area contributed by atoms with Gasteiger partial charge in [0.2, 0.25) is 17.7 Å². The standard InChI is InChI=1S/C25H33BrN4O5/c1-16(2)23(29-20(31)7-5-4-6-14-30-21(32)12-13-22(30)33)25(35)27-17(3)24(34)28-19-10-8-18(15-26)9-11-19/h8-13,16-17,23H,4-7,14-15H2,1-3H3,(H,27,35)(H,28,34)(H,29,31). The summed E-state index contributed by atoms with van der Waals surface area (Å²) >= 11 is 3.37. The highest BCUT2D eigenvalue weighted by Gasteiger charge is 2.27. The van der Waals surface area contributed by atoms with Gasteiger partial charge in [0.05, 0.1) is 0 Å². The van der Waals surface area contributed by atoms with Crippen LogP contribution in [0.2, 0.25) is 0 Å². The maximum atomic E-state index is 12.8. The Hall–Kier alpha value is -3.01. The fourth-order valence-electron chi connectivity index (χ4n) is 3.46. The van der Waals surface area contributed by atoms with Crippen molar-refractivity contribution in [2.24, 2.45) is 5.92 Å². The number of hydrogen-bond acceptors (Lipinski definition) is 5. The summed E-state index contributed by atoms with van der Waals surface area (Å²) in [6.45, 7) is 5.55. The number of benzene rings is 1. The molecule has 1 heterocycles. The van der Waals surface area contributed by atoms with Crippen LogP contribution in [-0.4, -0.2) is 53.1 Å². The Labute approximate surface area is 214 Å². The van der Waals surface area contributed by atoms with E-state index in [9.17, 15) is 24.0 Å². The normalized spacial score (nSPS) is 14.7. The van der Waals surface area contributed by atoms with Crippen molar-refractivity contribution in [2.75, 3.05) is 11.9 Å². The van der Waals surface area contributed by atoms with Gasteiger partial charge >= 0.3 is 0 Å². The highest BCUT2D eigenvalue weighted by molar-refractivity contribution is 9.08. The highest BCUT2D eigenvalue weighted by atomic mass is 79.9. The average molecular weight is 549 g/mol. The van der Waals surface area contributed by atoms with E-state index in [1.54, 1.807) is 19.1 Å². The molecular weight excluding hydrogens is 516 g/mol. The lowest BCUT2D eigenvalue weighted by molar-refractivity contribution is -0.137. The fourth-order valence-corrected chi connectivity index (χ4v) is 3.83. The maximum absolute atomic E-state index is 12.8. The van der Waals surface area contributed by atoms with Gasteiger partial charge < -0.3 is 16.0 Å². The molecule has 1 aromatic rings. The molecule has 0 bridgehead atoms. The maximum Gasteiger partial charge on any atom is 0.253 e. The Morgan fingerprint density at radius 1 is 0.886 bits per heavy atom. The van der Waals surface area contributed by atoms with Crippen molar-refractivity contribution in [3.63, 3.8) is 0 Å². The third kappa shape index (κ3) is 8.93. The summed E-state index contributed by atoms with van der Waals surface area (Å²) in [6, 6.07) is 5.79. The van der Waals surface area contributed by atoms with Gasteiger partial charge in [-0.1, -0.05) is 48.3 Å². The van der Waals surface area contributed by atoms with Crippen LogP contribution in [0.4, 0.5) is 5.69 Å². The van der Waals surface area contributed by atoms with Gasteiger partial charge in [-0.25, -0.2) is 0 Å². The van der Waals surface area contributed by atoms with Gasteiger partial charge in [-0.15, -0.1) is 0 Å². The molecule has 10 heteroatoms. The van der Waals surface area contributed by atoms with Crippen LogP contribution in [-0.2, 0) is 29.3 Å². The van der Waals surface area contributed by atoms with E-state index in [1.807, 2.05) is 26.0 Å².